The van der Waals surface area contributed by atoms with Gasteiger partial charge in [0.15, 0.2) is 0 Å². The van der Waals surface area contributed by atoms with Crippen molar-refractivity contribution in [1.82, 2.24) is 5.32 Å². The van der Waals surface area contributed by atoms with Gasteiger partial charge in [0.05, 0.1) is 17.0 Å². The number of hydrogen-bond acceptors (Lipinski definition) is 2. The average molecular weight is 317 g/mol. The maximum absolute atomic E-state index is 12.8. The number of hydrogen-bond donors (Lipinski definition) is 2. The second-order valence-corrected chi connectivity index (χ2v) is 5.42. The van der Waals surface area contributed by atoms with Gasteiger partial charge in [-0.3, -0.25) is 9.59 Å². The molecule has 0 saturated heterocycles. The number of carboxylic acid groups (broad SMARTS) is 1. The highest BCUT2D eigenvalue weighted by molar-refractivity contribution is 5.96. The van der Waals surface area contributed by atoms with Crippen molar-refractivity contribution < 1.29 is 27.9 Å². The van der Waals surface area contributed by atoms with Crippen LogP contribution >= 0.6 is 0 Å². The van der Waals surface area contributed by atoms with Gasteiger partial charge >= 0.3 is 12.1 Å². The van der Waals surface area contributed by atoms with Crippen LogP contribution in [0.15, 0.2) is 24.3 Å². The quantitative estimate of drug-likeness (QED) is 0.847. The first-order valence-corrected chi connectivity index (χ1v) is 6.80. The van der Waals surface area contributed by atoms with Crippen LogP contribution in [-0.4, -0.2) is 23.5 Å². The minimum absolute atomic E-state index is 0.0977. The lowest BCUT2D eigenvalue weighted by molar-refractivity contribution is -0.142. The number of aliphatic carboxylic acids is 1. The van der Waals surface area contributed by atoms with E-state index in [9.17, 15) is 22.8 Å². The van der Waals surface area contributed by atoms with Gasteiger partial charge in [-0.05, 0) is 24.5 Å². The van der Waals surface area contributed by atoms with Gasteiger partial charge in [-0.15, -0.1) is 0 Å². The zero-order valence-electron chi connectivity index (χ0n) is 12.3. The molecule has 22 heavy (non-hydrogen) atoms. The summed E-state index contributed by atoms with van der Waals surface area (Å²) in [6.07, 6.45) is -4.31. The standard InChI is InChI=1S/C15H18F3NO3/c1-9(2)7-10(14(21)22)8-19-13(20)11-5-3-4-6-12(11)15(16,17)18/h3-6,9-10H,7-8H2,1-2H3,(H,19,20)(H,21,22). The van der Waals surface area contributed by atoms with Crippen LogP contribution in [0.2, 0.25) is 0 Å². The van der Waals surface area contributed by atoms with Crippen LogP contribution in [0, 0.1) is 11.8 Å². The SMILES string of the molecule is CC(C)CC(CNC(=O)c1ccccc1C(F)(F)F)C(=O)O. The van der Waals surface area contributed by atoms with E-state index in [1.807, 2.05) is 13.8 Å². The second kappa shape index (κ2) is 7.29. The molecular weight excluding hydrogens is 299 g/mol. The first-order valence-electron chi connectivity index (χ1n) is 6.80. The Bertz CT molecular complexity index is 541. The number of carbonyl (C=O) groups excluding carboxylic acids is 1. The molecule has 7 heteroatoms. The molecule has 0 saturated carbocycles. The molecule has 2 N–H and O–H groups in total. The fourth-order valence-corrected chi connectivity index (χ4v) is 2.08. The summed E-state index contributed by atoms with van der Waals surface area (Å²) >= 11 is 0. The average Bonchev–Trinajstić information content (AvgIpc) is 2.41. The molecule has 0 aromatic heterocycles. The zero-order chi connectivity index (χ0) is 16.9. The highest BCUT2D eigenvalue weighted by Crippen LogP contribution is 2.31. The highest BCUT2D eigenvalue weighted by atomic mass is 19.4. The smallest absolute Gasteiger partial charge is 0.417 e. The number of carboxylic acids is 1. The molecule has 1 aromatic rings. The number of halogens is 3. The summed E-state index contributed by atoms with van der Waals surface area (Å²) in [5.74, 6) is -2.75. The van der Waals surface area contributed by atoms with E-state index < -0.39 is 35.1 Å². The summed E-state index contributed by atoms with van der Waals surface area (Å²) in [5, 5.41) is 11.3. The summed E-state index contributed by atoms with van der Waals surface area (Å²) in [5.41, 5.74) is -1.55. The Morgan fingerprint density at radius 2 is 1.82 bits per heavy atom. The molecule has 0 aliphatic rings. The van der Waals surface area contributed by atoms with Crippen LogP contribution in [0.4, 0.5) is 13.2 Å². The van der Waals surface area contributed by atoms with E-state index in [4.69, 9.17) is 5.11 Å². The van der Waals surface area contributed by atoms with Crippen LogP contribution in [0.1, 0.15) is 36.2 Å². The lowest BCUT2D eigenvalue weighted by atomic mass is 9.97. The minimum Gasteiger partial charge on any atom is -0.481 e. The molecule has 1 aromatic carbocycles. The van der Waals surface area contributed by atoms with E-state index in [0.717, 1.165) is 12.1 Å². The number of nitrogens with one attached hydrogen (secondary N) is 1. The molecule has 0 bridgehead atoms. The van der Waals surface area contributed by atoms with Crippen LogP contribution in [0.3, 0.4) is 0 Å². The van der Waals surface area contributed by atoms with Crippen molar-refractivity contribution in [3.63, 3.8) is 0 Å². The largest absolute Gasteiger partial charge is 0.481 e. The van der Waals surface area contributed by atoms with Crippen molar-refractivity contribution in [3.8, 4) is 0 Å². The molecule has 1 amide bonds. The van der Waals surface area contributed by atoms with E-state index >= 15 is 0 Å². The third-order valence-electron chi connectivity index (χ3n) is 3.09. The Morgan fingerprint density at radius 1 is 1.23 bits per heavy atom. The maximum Gasteiger partial charge on any atom is 0.417 e. The third-order valence-corrected chi connectivity index (χ3v) is 3.09. The maximum atomic E-state index is 12.8. The van der Waals surface area contributed by atoms with Crippen LogP contribution in [0.5, 0.6) is 0 Å². The van der Waals surface area contributed by atoms with E-state index in [0.29, 0.717) is 6.42 Å². The number of carbonyl (C=O) groups is 2. The predicted octanol–water partition coefficient (Wildman–Crippen LogP) is 3.18. The van der Waals surface area contributed by atoms with Crippen LogP contribution in [0.25, 0.3) is 0 Å². The van der Waals surface area contributed by atoms with Gasteiger partial charge in [0.1, 0.15) is 0 Å². The summed E-state index contributed by atoms with van der Waals surface area (Å²) in [6, 6.07) is 4.40. The Morgan fingerprint density at radius 3 is 2.32 bits per heavy atom. The van der Waals surface area contributed by atoms with Crippen molar-refractivity contribution in [2.45, 2.75) is 26.4 Å². The van der Waals surface area contributed by atoms with Crippen molar-refractivity contribution in [3.05, 3.63) is 35.4 Å². The van der Waals surface area contributed by atoms with Crippen molar-refractivity contribution >= 4 is 11.9 Å². The molecule has 1 atom stereocenters. The van der Waals surface area contributed by atoms with Gasteiger partial charge < -0.3 is 10.4 Å². The predicted molar refractivity (Wildman–Crippen MR) is 74.4 cm³/mol. The summed E-state index contributed by atoms with van der Waals surface area (Å²) in [7, 11) is 0. The Balaban J connectivity index is 2.84. The summed E-state index contributed by atoms with van der Waals surface area (Å²) < 4.78 is 38.5. The van der Waals surface area contributed by atoms with E-state index in [1.165, 1.54) is 12.1 Å². The summed E-state index contributed by atoms with van der Waals surface area (Å²) in [6.45, 7) is 3.45. The van der Waals surface area contributed by atoms with Gasteiger partial charge in [-0.25, -0.2) is 0 Å². The molecule has 0 radical (unpaired) electrons. The van der Waals surface area contributed by atoms with Gasteiger partial charge in [0.2, 0.25) is 0 Å². The monoisotopic (exact) mass is 317 g/mol. The molecule has 0 fully saturated rings. The Hall–Kier alpha value is -2.05. The first kappa shape index (κ1) is 18.0. The minimum atomic E-state index is -4.64. The van der Waals surface area contributed by atoms with Crippen LogP contribution < -0.4 is 5.32 Å². The molecule has 122 valence electrons. The van der Waals surface area contributed by atoms with Crippen molar-refractivity contribution in [2.24, 2.45) is 11.8 Å². The van der Waals surface area contributed by atoms with E-state index in [2.05, 4.69) is 5.32 Å². The van der Waals surface area contributed by atoms with Gasteiger partial charge in [-0.2, -0.15) is 13.2 Å². The van der Waals surface area contributed by atoms with E-state index in [1.54, 1.807) is 0 Å². The Kier molecular flexibility index (Phi) is 5.96. The van der Waals surface area contributed by atoms with E-state index in [-0.39, 0.29) is 12.5 Å². The van der Waals surface area contributed by atoms with Crippen LogP contribution in [-0.2, 0) is 11.0 Å². The number of amides is 1. The normalized spacial score (nSPS) is 13.0. The molecule has 4 nitrogen and oxygen atoms in total. The van der Waals surface area contributed by atoms with Gasteiger partial charge in [0.25, 0.3) is 5.91 Å². The Labute approximate surface area is 126 Å². The number of rotatable bonds is 6. The number of benzene rings is 1. The molecule has 0 aliphatic heterocycles. The molecule has 0 aliphatic carbocycles. The molecule has 1 unspecified atom stereocenters. The molecule has 0 spiro atoms. The molecule has 0 heterocycles. The second-order valence-electron chi connectivity index (χ2n) is 5.42. The topological polar surface area (TPSA) is 66.4 Å². The first-order chi connectivity index (χ1) is 10.1. The highest BCUT2D eigenvalue weighted by Gasteiger charge is 2.35. The van der Waals surface area contributed by atoms with Gasteiger partial charge in [0, 0.05) is 6.54 Å². The fourth-order valence-electron chi connectivity index (χ4n) is 2.08. The van der Waals surface area contributed by atoms with Crippen molar-refractivity contribution in [2.75, 3.05) is 6.54 Å². The fraction of sp³-hybridized carbons (Fsp3) is 0.467. The molecule has 1 rings (SSSR count). The lowest BCUT2D eigenvalue weighted by Crippen LogP contribution is -2.34. The molecular formula is C15H18F3NO3. The number of alkyl halides is 3. The summed E-state index contributed by atoms with van der Waals surface area (Å²) in [4.78, 5) is 23.0. The lowest BCUT2D eigenvalue weighted by Gasteiger charge is -2.17. The van der Waals surface area contributed by atoms with Crippen molar-refractivity contribution in [1.29, 1.82) is 0 Å². The zero-order valence-corrected chi connectivity index (χ0v) is 12.3. The van der Waals surface area contributed by atoms with Gasteiger partial charge in [-0.1, -0.05) is 26.0 Å². The third kappa shape index (κ3) is 5.05.